The predicted octanol–water partition coefficient (Wildman–Crippen LogP) is 4.32. The number of aliphatic hydroxyl groups excluding tert-OH is 1. The number of rotatable bonds is 8. The average molecular weight is 388 g/mol. The summed E-state index contributed by atoms with van der Waals surface area (Å²) in [5.41, 5.74) is 4.33. The number of oxazole rings is 1. The molecule has 0 saturated carbocycles. The van der Waals surface area contributed by atoms with E-state index in [2.05, 4.69) is 17.4 Å². The molecule has 0 amide bonds. The van der Waals surface area contributed by atoms with Crippen LogP contribution in [0.15, 0.2) is 88.1 Å². The van der Waals surface area contributed by atoms with Crippen molar-refractivity contribution >= 4 is 11.1 Å². The Hall–Kier alpha value is -3.15. The number of fused-ring (bicyclic) bond motifs is 1. The third-order valence-corrected chi connectivity index (χ3v) is 5.03. The Morgan fingerprint density at radius 3 is 2.38 bits per heavy atom. The molecule has 0 aliphatic heterocycles. The minimum Gasteiger partial charge on any atom is -0.408 e. The van der Waals surface area contributed by atoms with Gasteiger partial charge in [-0.05, 0) is 54.6 Å². The van der Waals surface area contributed by atoms with E-state index in [0.717, 1.165) is 30.4 Å². The first-order valence-electron chi connectivity index (χ1n) is 9.88. The van der Waals surface area contributed by atoms with Gasteiger partial charge in [-0.1, -0.05) is 66.7 Å². The summed E-state index contributed by atoms with van der Waals surface area (Å²) in [7, 11) is 0. The SMILES string of the molecule is O=c1oc2ccc(-c3ccccc3)cc2n1C(O)NCCCCc1ccccc1. The molecular formula is C24H24N2O3. The number of nitrogens with one attached hydrogen (secondary N) is 1. The summed E-state index contributed by atoms with van der Waals surface area (Å²) in [4.78, 5) is 12.3. The molecule has 1 unspecified atom stereocenters. The van der Waals surface area contributed by atoms with Gasteiger partial charge in [-0.2, -0.15) is 0 Å². The molecule has 148 valence electrons. The van der Waals surface area contributed by atoms with Crippen molar-refractivity contribution in [2.45, 2.75) is 25.6 Å². The van der Waals surface area contributed by atoms with Crippen molar-refractivity contribution in [1.82, 2.24) is 9.88 Å². The Bertz CT molecular complexity index is 1120. The van der Waals surface area contributed by atoms with Crippen LogP contribution in [0.1, 0.15) is 24.8 Å². The van der Waals surface area contributed by atoms with Crippen molar-refractivity contribution in [2.75, 3.05) is 6.54 Å². The number of aryl methyl sites for hydroxylation is 1. The lowest BCUT2D eigenvalue weighted by Gasteiger charge is -2.14. The zero-order valence-corrected chi connectivity index (χ0v) is 16.1. The molecule has 4 aromatic rings. The third-order valence-electron chi connectivity index (χ3n) is 5.03. The van der Waals surface area contributed by atoms with Crippen molar-refractivity contribution in [2.24, 2.45) is 0 Å². The topological polar surface area (TPSA) is 67.4 Å². The molecule has 2 N–H and O–H groups in total. The van der Waals surface area contributed by atoms with Gasteiger partial charge in [0.05, 0.1) is 5.52 Å². The molecular weight excluding hydrogens is 364 g/mol. The van der Waals surface area contributed by atoms with E-state index in [1.807, 2.05) is 60.7 Å². The Balaban J connectivity index is 1.43. The van der Waals surface area contributed by atoms with E-state index in [1.54, 1.807) is 6.07 Å². The molecule has 1 aromatic heterocycles. The standard InChI is InChI=1S/C24H24N2O3/c27-23(25-16-8-7-11-18-9-3-1-4-10-18)26-21-17-20(19-12-5-2-6-13-19)14-15-22(21)29-24(26)28/h1-6,9-10,12-15,17,23,25,27H,7-8,11,16H2. The molecule has 29 heavy (non-hydrogen) atoms. The van der Waals surface area contributed by atoms with Crippen LogP contribution in [0.4, 0.5) is 0 Å². The van der Waals surface area contributed by atoms with Crippen LogP contribution in [0.2, 0.25) is 0 Å². The quantitative estimate of drug-likeness (QED) is 0.348. The maximum Gasteiger partial charge on any atom is 0.423 e. The number of hydrogen-bond acceptors (Lipinski definition) is 4. The molecule has 0 aliphatic carbocycles. The van der Waals surface area contributed by atoms with E-state index >= 15 is 0 Å². The predicted molar refractivity (Wildman–Crippen MR) is 115 cm³/mol. The number of unbranched alkanes of at least 4 members (excludes halogenated alkanes) is 1. The van der Waals surface area contributed by atoms with E-state index in [0.29, 0.717) is 17.6 Å². The fraction of sp³-hybridized carbons (Fsp3) is 0.208. The molecule has 3 aromatic carbocycles. The molecule has 1 heterocycles. The summed E-state index contributed by atoms with van der Waals surface area (Å²) in [6, 6.07) is 25.8. The van der Waals surface area contributed by atoms with Crippen molar-refractivity contribution in [3.8, 4) is 11.1 Å². The van der Waals surface area contributed by atoms with Gasteiger partial charge in [0.25, 0.3) is 0 Å². The van der Waals surface area contributed by atoms with Crippen LogP contribution in [-0.4, -0.2) is 16.2 Å². The van der Waals surface area contributed by atoms with Crippen LogP contribution in [0.3, 0.4) is 0 Å². The molecule has 1 atom stereocenters. The molecule has 0 fully saturated rings. The van der Waals surface area contributed by atoms with Gasteiger partial charge in [0, 0.05) is 0 Å². The van der Waals surface area contributed by atoms with Gasteiger partial charge in [0.15, 0.2) is 11.9 Å². The Labute approximate surface area is 169 Å². The van der Waals surface area contributed by atoms with E-state index in [1.165, 1.54) is 10.1 Å². The van der Waals surface area contributed by atoms with Crippen LogP contribution in [0.25, 0.3) is 22.2 Å². The lowest BCUT2D eigenvalue weighted by Crippen LogP contribution is -2.32. The lowest BCUT2D eigenvalue weighted by atomic mass is 10.1. The zero-order valence-electron chi connectivity index (χ0n) is 16.1. The van der Waals surface area contributed by atoms with E-state index in [4.69, 9.17) is 4.42 Å². The highest BCUT2D eigenvalue weighted by atomic mass is 16.4. The number of nitrogens with zero attached hydrogens (tertiary/aromatic N) is 1. The molecule has 0 radical (unpaired) electrons. The molecule has 0 bridgehead atoms. The Morgan fingerprint density at radius 2 is 1.62 bits per heavy atom. The first kappa shape index (κ1) is 19.2. The number of benzene rings is 3. The van der Waals surface area contributed by atoms with Crippen LogP contribution in [0, 0.1) is 0 Å². The maximum absolute atomic E-state index is 12.3. The van der Waals surface area contributed by atoms with Crippen molar-refractivity contribution in [3.63, 3.8) is 0 Å². The largest absolute Gasteiger partial charge is 0.423 e. The minimum absolute atomic E-state index is 0.458. The van der Waals surface area contributed by atoms with Gasteiger partial charge in [-0.3, -0.25) is 5.32 Å². The Kier molecular flexibility index (Phi) is 5.89. The maximum atomic E-state index is 12.3. The first-order chi connectivity index (χ1) is 14.2. The van der Waals surface area contributed by atoms with Gasteiger partial charge in [0.1, 0.15) is 0 Å². The highest BCUT2D eigenvalue weighted by molar-refractivity contribution is 5.80. The molecule has 4 rings (SSSR count). The zero-order chi connectivity index (χ0) is 20.1. The second kappa shape index (κ2) is 8.90. The summed E-state index contributed by atoms with van der Waals surface area (Å²) in [6.07, 6.45) is 1.76. The van der Waals surface area contributed by atoms with Gasteiger partial charge < -0.3 is 9.52 Å². The van der Waals surface area contributed by atoms with Gasteiger partial charge in [-0.15, -0.1) is 0 Å². The lowest BCUT2D eigenvalue weighted by molar-refractivity contribution is 0.0647. The van der Waals surface area contributed by atoms with Gasteiger partial charge in [-0.25, -0.2) is 9.36 Å². The molecule has 5 nitrogen and oxygen atoms in total. The third kappa shape index (κ3) is 4.47. The summed E-state index contributed by atoms with van der Waals surface area (Å²) >= 11 is 0. The van der Waals surface area contributed by atoms with Crippen molar-refractivity contribution < 1.29 is 9.52 Å². The normalized spacial score (nSPS) is 12.3. The highest BCUT2D eigenvalue weighted by Gasteiger charge is 2.16. The van der Waals surface area contributed by atoms with E-state index < -0.39 is 12.1 Å². The summed E-state index contributed by atoms with van der Waals surface area (Å²) in [5.74, 6) is -0.575. The van der Waals surface area contributed by atoms with Crippen LogP contribution in [0.5, 0.6) is 0 Å². The monoisotopic (exact) mass is 388 g/mol. The van der Waals surface area contributed by atoms with E-state index in [9.17, 15) is 9.90 Å². The highest BCUT2D eigenvalue weighted by Crippen LogP contribution is 2.24. The fourth-order valence-electron chi connectivity index (χ4n) is 3.50. The van der Waals surface area contributed by atoms with E-state index in [-0.39, 0.29) is 0 Å². The smallest absolute Gasteiger partial charge is 0.408 e. The fourth-order valence-corrected chi connectivity index (χ4v) is 3.50. The molecule has 5 heteroatoms. The summed E-state index contributed by atoms with van der Waals surface area (Å²) < 4.78 is 6.57. The summed E-state index contributed by atoms with van der Waals surface area (Å²) in [5, 5.41) is 13.6. The first-order valence-corrected chi connectivity index (χ1v) is 9.88. The van der Waals surface area contributed by atoms with Crippen LogP contribution < -0.4 is 11.1 Å². The number of aliphatic hydroxyl groups is 1. The number of aromatic nitrogens is 1. The Morgan fingerprint density at radius 1 is 0.897 bits per heavy atom. The van der Waals surface area contributed by atoms with Crippen LogP contribution in [-0.2, 0) is 6.42 Å². The van der Waals surface area contributed by atoms with Gasteiger partial charge in [0.2, 0.25) is 0 Å². The second-order valence-electron chi connectivity index (χ2n) is 7.06. The second-order valence-corrected chi connectivity index (χ2v) is 7.06. The molecule has 0 aliphatic rings. The molecule has 0 spiro atoms. The number of hydrogen-bond donors (Lipinski definition) is 2. The molecule has 0 saturated heterocycles. The van der Waals surface area contributed by atoms with Gasteiger partial charge >= 0.3 is 5.76 Å². The van der Waals surface area contributed by atoms with Crippen LogP contribution >= 0.6 is 0 Å². The van der Waals surface area contributed by atoms with Crippen molar-refractivity contribution in [3.05, 3.63) is 95.0 Å². The minimum atomic E-state index is -1.13. The average Bonchev–Trinajstić information content (AvgIpc) is 3.09. The van der Waals surface area contributed by atoms with Crippen molar-refractivity contribution in [1.29, 1.82) is 0 Å². The summed E-state index contributed by atoms with van der Waals surface area (Å²) in [6.45, 7) is 0.603.